The second-order valence-electron chi connectivity index (χ2n) is 12.8. The molecule has 3 aromatic rings. The van der Waals surface area contributed by atoms with Crippen molar-refractivity contribution in [2.75, 3.05) is 39.8 Å². The molecular weight excluding hydrogens is 516 g/mol. The first-order valence-electron chi connectivity index (χ1n) is 14.8. The van der Waals surface area contributed by atoms with Gasteiger partial charge in [-0.1, -0.05) is 45.0 Å². The minimum atomic E-state index is -1.24. The van der Waals surface area contributed by atoms with Gasteiger partial charge in [-0.3, -0.25) is 9.78 Å². The highest BCUT2D eigenvalue weighted by Gasteiger charge is 2.55. The second-order valence-corrected chi connectivity index (χ2v) is 12.8. The number of aliphatic hydroxyl groups is 2. The second kappa shape index (κ2) is 11.3. The van der Waals surface area contributed by atoms with Crippen molar-refractivity contribution in [1.82, 2.24) is 29.5 Å². The molecule has 1 atom stereocenters. The first-order chi connectivity index (χ1) is 19.5. The lowest BCUT2D eigenvalue weighted by atomic mass is 9.62. The number of pyridine rings is 1. The third-order valence-electron chi connectivity index (χ3n) is 9.02. The molecule has 0 saturated carbocycles. The highest BCUT2D eigenvalue weighted by atomic mass is 16.3. The fraction of sp³-hybridized carbons (Fsp3) is 0.562. The molecule has 5 rings (SSSR count). The van der Waals surface area contributed by atoms with E-state index in [0.29, 0.717) is 24.8 Å². The number of hydrogen-bond donors (Lipinski definition) is 2. The first-order valence-corrected chi connectivity index (χ1v) is 14.8. The lowest BCUT2D eigenvalue weighted by molar-refractivity contribution is -0.135. The van der Waals surface area contributed by atoms with Crippen LogP contribution in [0.5, 0.6) is 0 Å². The molecule has 0 bridgehead atoms. The molecule has 9 nitrogen and oxygen atoms in total. The molecule has 4 heterocycles. The summed E-state index contributed by atoms with van der Waals surface area (Å²) >= 11 is 0. The molecule has 0 radical (unpaired) electrons. The van der Waals surface area contributed by atoms with E-state index in [9.17, 15) is 15.0 Å². The lowest BCUT2D eigenvalue weighted by Gasteiger charge is -2.55. The van der Waals surface area contributed by atoms with Gasteiger partial charge in [-0.05, 0) is 56.8 Å². The number of aromatic nitrogens is 4. The number of likely N-dealkylation sites (tertiary alicyclic amines) is 2. The number of carbonyl (C=O) groups is 1. The van der Waals surface area contributed by atoms with Gasteiger partial charge in [-0.25, -0.2) is 9.67 Å². The molecule has 1 amide bonds. The van der Waals surface area contributed by atoms with Gasteiger partial charge in [0, 0.05) is 67.1 Å². The maximum Gasteiger partial charge on any atom is 0.248 e. The first kappa shape index (κ1) is 29.4. The van der Waals surface area contributed by atoms with Crippen LogP contribution in [0.15, 0.2) is 42.7 Å². The van der Waals surface area contributed by atoms with Crippen molar-refractivity contribution in [3.63, 3.8) is 0 Å². The van der Waals surface area contributed by atoms with E-state index in [2.05, 4.69) is 75.8 Å². The summed E-state index contributed by atoms with van der Waals surface area (Å²) in [6.07, 6.45) is 5.09. The molecule has 1 unspecified atom stereocenters. The van der Waals surface area contributed by atoms with Gasteiger partial charge in [0.25, 0.3) is 0 Å². The van der Waals surface area contributed by atoms with E-state index in [0.717, 1.165) is 48.4 Å². The fourth-order valence-corrected chi connectivity index (χ4v) is 6.71. The number of amides is 1. The molecule has 220 valence electrons. The highest BCUT2D eigenvalue weighted by Crippen LogP contribution is 2.50. The lowest BCUT2D eigenvalue weighted by Crippen LogP contribution is -2.63. The van der Waals surface area contributed by atoms with E-state index in [-0.39, 0.29) is 17.9 Å². The predicted molar refractivity (Wildman–Crippen MR) is 158 cm³/mol. The summed E-state index contributed by atoms with van der Waals surface area (Å²) in [6.45, 7) is 12.9. The van der Waals surface area contributed by atoms with E-state index in [1.54, 1.807) is 17.3 Å². The number of piperidine rings is 1. The highest BCUT2D eigenvalue weighted by molar-refractivity contribution is 5.77. The number of benzene rings is 1. The fourth-order valence-electron chi connectivity index (χ4n) is 6.71. The van der Waals surface area contributed by atoms with Crippen LogP contribution in [0.4, 0.5) is 0 Å². The number of aliphatic hydroxyl groups excluding tert-OH is 1. The van der Waals surface area contributed by atoms with Crippen molar-refractivity contribution in [2.45, 2.75) is 70.9 Å². The van der Waals surface area contributed by atoms with Gasteiger partial charge in [-0.15, -0.1) is 0 Å². The minimum absolute atomic E-state index is 0.111. The van der Waals surface area contributed by atoms with Gasteiger partial charge in [0.1, 0.15) is 18.0 Å². The quantitative estimate of drug-likeness (QED) is 0.430. The van der Waals surface area contributed by atoms with E-state index in [4.69, 9.17) is 10.1 Å². The van der Waals surface area contributed by atoms with Gasteiger partial charge in [0.2, 0.25) is 5.91 Å². The third-order valence-corrected chi connectivity index (χ3v) is 9.02. The minimum Gasteiger partial charge on any atom is -0.387 e. The Bertz CT molecular complexity index is 1370. The monoisotopic (exact) mass is 560 g/mol. The molecule has 2 fully saturated rings. The summed E-state index contributed by atoms with van der Waals surface area (Å²) in [7, 11) is 2.08. The number of nitrogens with zero attached hydrogens (tertiary/aromatic N) is 6. The van der Waals surface area contributed by atoms with Gasteiger partial charge in [-0.2, -0.15) is 5.10 Å². The molecule has 2 aliphatic heterocycles. The van der Waals surface area contributed by atoms with Crippen LogP contribution < -0.4 is 0 Å². The predicted octanol–water partition coefficient (Wildman–Crippen LogP) is 3.93. The Morgan fingerprint density at radius 3 is 2.29 bits per heavy atom. The van der Waals surface area contributed by atoms with Crippen molar-refractivity contribution in [3.05, 3.63) is 65.2 Å². The Morgan fingerprint density at radius 1 is 1.07 bits per heavy atom. The average molecular weight is 561 g/mol. The Morgan fingerprint density at radius 2 is 1.73 bits per heavy atom. The van der Waals surface area contributed by atoms with Crippen LogP contribution in [0.3, 0.4) is 0 Å². The zero-order valence-electron chi connectivity index (χ0n) is 25.2. The Kier molecular flexibility index (Phi) is 8.07. The Hall–Kier alpha value is -3.14. The van der Waals surface area contributed by atoms with Gasteiger partial charge in [0.05, 0.1) is 0 Å². The molecular formula is C32H44N6O3. The summed E-state index contributed by atoms with van der Waals surface area (Å²) in [5, 5.41) is 26.8. The molecule has 0 aliphatic carbocycles. The molecule has 2 aromatic heterocycles. The third kappa shape index (κ3) is 5.31. The van der Waals surface area contributed by atoms with E-state index in [1.807, 2.05) is 10.7 Å². The van der Waals surface area contributed by atoms with Crippen molar-refractivity contribution >= 4 is 5.91 Å². The zero-order valence-corrected chi connectivity index (χ0v) is 25.2. The molecule has 9 heteroatoms. The topological polar surface area (TPSA) is 108 Å². The summed E-state index contributed by atoms with van der Waals surface area (Å²) in [6, 6.07) is 10.5. The van der Waals surface area contributed by atoms with Crippen molar-refractivity contribution in [3.8, 4) is 11.4 Å². The maximum absolute atomic E-state index is 12.6. The summed E-state index contributed by atoms with van der Waals surface area (Å²) in [4.78, 5) is 25.5. The average Bonchev–Trinajstić information content (AvgIpc) is 3.42. The van der Waals surface area contributed by atoms with E-state index >= 15 is 0 Å². The summed E-state index contributed by atoms with van der Waals surface area (Å²) in [5.41, 5.74) is 1.97. The number of rotatable bonds is 8. The summed E-state index contributed by atoms with van der Waals surface area (Å²) < 4.78 is 1.98. The van der Waals surface area contributed by atoms with Gasteiger partial charge < -0.3 is 20.0 Å². The molecule has 2 N–H and O–H groups in total. The molecule has 1 aromatic carbocycles. The molecule has 2 aliphatic rings. The van der Waals surface area contributed by atoms with Crippen LogP contribution in [0.1, 0.15) is 87.9 Å². The van der Waals surface area contributed by atoms with Crippen LogP contribution in [-0.4, -0.2) is 85.5 Å². The van der Waals surface area contributed by atoms with Crippen LogP contribution >= 0.6 is 0 Å². The Labute approximate surface area is 243 Å². The van der Waals surface area contributed by atoms with Crippen molar-refractivity contribution < 1.29 is 15.0 Å². The van der Waals surface area contributed by atoms with Crippen LogP contribution in [0, 0.1) is 5.41 Å². The van der Waals surface area contributed by atoms with E-state index < -0.39 is 17.6 Å². The van der Waals surface area contributed by atoms with E-state index in [1.165, 1.54) is 5.56 Å². The number of carbonyl (C=O) groups excluding carboxylic acids is 1. The zero-order chi connectivity index (χ0) is 29.5. The smallest absolute Gasteiger partial charge is 0.248 e. The van der Waals surface area contributed by atoms with Gasteiger partial charge >= 0.3 is 0 Å². The molecule has 0 spiro atoms. The standard InChI is InChI=1S/C32H44N6O3/c1-21(2)23-7-9-26(10-8-23)32(41,31(5)19-36(6)20-31)27-15-25(16-33-17-27)29-34-30(38(35-29)22(3)4)24-11-13-37(14-12-24)28(40)18-39/h7-10,15-17,21-22,24,39,41H,11-14,18-20H2,1-6H3. The maximum atomic E-state index is 12.6. The van der Waals surface area contributed by atoms with Crippen LogP contribution in [0.2, 0.25) is 0 Å². The Balaban J connectivity index is 1.51. The van der Waals surface area contributed by atoms with Crippen molar-refractivity contribution in [1.29, 1.82) is 0 Å². The molecule has 2 saturated heterocycles. The van der Waals surface area contributed by atoms with Crippen molar-refractivity contribution in [2.24, 2.45) is 5.41 Å². The summed E-state index contributed by atoms with van der Waals surface area (Å²) in [5.74, 6) is 1.84. The molecule has 41 heavy (non-hydrogen) atoms. The van der Waals surface area contributed by atoms with Crippen LogP contribution in [-0.2, 0) is 10.4 Å². The normalized spacial score (nSPS) is 19.4. The SMILES string of the molecule is CC(C)c1ccc(C(O)(c2cncc(-c3nc(C4CCN(C(=O)CO)CC4)n(C(C)C)n3)c2)C2(C)CN(C)C2)cc1. The number of hydrogen-bond acceptors (Lipinski definition) is 7. The van der Waals surface area contributed by atoms with Crippen LogP contribution in [0.25, 0.3) is 11.4 Å². The van der Waals surface area contributed by atoms with Gasteiger partial charge in [0.15, 0.2) is 5.82 Å². The largest absolute Gasteiger partial charge is 0.387 e.